The molecule has 0 saturated carbocycles. The van der Waals surface area contributed by atoms with Gasteiger partial charge in [-0.25, -0.2) is 4.79 Å². The van der Waals surface area contributed by atoms with Crippen LogP contribution in [-0.2, 0) is 16.0 Å². The van der Waals surface area contributed by atoms with Gasteiger partial charge in [-0.05, 0) is 73.5 Å². The SMILES string of the molecule is COC(=O)c1ccc(-c2cc(CC(=O)O)c(-c3ccc(-c4sc(-c5ccc(C(C)=O)s5)cc4C)s3)s2)s1. The highest BCUT2D eigenvalue weighted by Gasteiger charge is 2.20. The lowest BCUT2D eigenvalue weighted by Gasteiger charge is -1.98. The lowest BCUT2D eigenvalue weighted by Crippen LogP contribution is -1.99. The molecule has 5 rings (SSSR count). The number of ketones is 1. The third-order valence-corrected chi connectivity index (χ3v) is 12.1. The van der Waals surface area contributed by atoms with Crippen LogP contribution < -0.4 is 0 Å². The number of carbonyl (C=O) groups excluding carboxylic acids is 2. The first-order valence-electron chi connectivity index (χ1n) is 11.1. The minimum absolute atomic E-state index is 0.0733. The number of hydrogen-bond donors (Lipinski definition) is 1. The monoisotopic (exact) mass is 584 g/mol. The number of esters is 1. The van der Waals surface area contributed by atoms with Crippen molar-refractivity contribution in [2.75, 3.05) is 7.11 Å². The summed E-state index contributed by atoms with van der Waals surface area (Å²) in [4.78, 5) is 44.7. The second kappa shape index (κ2) is 10.5. The van der Waals surface area contributed by atoms with Gasteiger partial charge < -0.3 is 9.84 Å². The zero-order chi connectivity index (χ0) is 26.3. The number of carbonyl (C=O) groups is 3. The summed E-state index contributed by atoms with van der Waals surface area (Å²) >= 11 is 7.73. The molecule has 0 bridgehead atoms. The van der Waals surface area contributed by atoms with Crippen molar-refractivity contribution in [3.8, 4) is 39.0 Å². The van der Waals surface area contributed by atoms with Gasteiger partial charge in [-0.3, -0.25) is 9.59 Å². The van der Waals surface area contributed by atoms with Crippen LogP contribution in [0.1, 0.15) is 37.4 Å². The molecule has 0 unspecified atom stereocenters. The Morgan fingerprint density at radius 1 is 0.730 bits per heavy atom. The third kappa shape index (κ3) is 5.25. The second-order valence-electron chi connectivity index (χ2n) is 8.20. The molecule has 0 atom stereocenters. The Labute approximate surface area is 233 Å². The van der Waals surface area contributed by atoms with E-state index in [0.29, 0.717) is 4.88 Å². The molecular formula is C27H20O5S5. The lowest BCUT2D eigenvalue weighted by molar-refractivity contribution is -0.136. The predicted molar refractivity (Wildman–Crippen MR) is 155 cm³/mol. The minimum Gasteiger partial charge on any atom is -0.481 e. The molecule has 5 heterocycles. The van der Waals surface area contributed by atoms with E-state index in [4.69, 9.17) is 4.74 Å². The van der Waals surface area contributed by atoms with Crippen molar-refractivity contribution < 1.29 is 24.2 Å². The van der Waals surface area contributed by atoms with E-state index in [1.54, 1.807) is 35.7 Å². The van der Waals surface area contributed by atoms with E-state index in [0.717, 1.165) is 50.1 Å². The molecule has 0 aliphatic carbocycles. The Hall–Kier alpha value is -2.89. The van der Waals surface area contributed by atoms with Crippen molar-refractivity contribution in [1.82, 2.24) is 0 Å². The van der Waals surface area contributed by atoms with Gasteiger partial charge in [0, 0.05) is 39.0 Å². The van der Waals surface area contributed by atoms with Crippen LogP contribution in [0.25, 0.3) is 39.0 Å². The summed E-state index contributed by atoms with van der Waals surface area (Å²) in [5, 5.41) is 9.52. The third-order valence-electron chi connectivity index (χ3n) is 5.55. The first kappa shape index (κ1) is 25.7. The molecular weight excluding hydrogens is 565 g/mol. The molecule has 1 N–H and O–H groups in total. The number of thiophene rings is 5. The van der Waals surface area contributed by atoms with Gasteiger partial charge in [0.2, 0.25) is 0 Å². The first-order chi connectivity index (χ1) is 17.7. The molecule has 0 radical (unpaired) electrons. The molecule has 5 aromatic heterocycles. The molecule has 0 aliphatic heterocycles. The summed E-state index contributed by atoms with van der Waals surface area (Å²) in [6, 6.07) is 15.7. The van der Waals surface area contributed by atoms with Crippen LogP contribution in [-0.4, -0.2) is 29.9 Å². The molecule has 0 amide bonds. The fourth-order valence-electron chi connectivity index (χ4n) is 3.82. The predicted octanol–water partition coefficient (Wildman–Crippen LogP) is 8.59. The van der Waals surface area contributed by atoms with Crippen LogP contribution in [0.2, 0.25) is 0 Å². The van der Waals surface area contributed by atoms with Crippen molar-refractivity contribution in [2.24, 2.45) is 0 Å². The molecule has 37 heavy (non-hydrogen) atoms. The molecule has 0 saturated heterocycles. The van der Waals surface area contributed by atoms with Crippen LogP contribution in [0.3, 0.4) is 0 Å². The standard InChI is InChI=1S/C27H20O5S5/c1-13-10-22(17-5-4-16(33-17)14(2)28)36-25(13)19-7-8-20(35-19)26-15(12-24(29)30)11-23(37-26)18-6-9-21(34-18)27(31)32-3/h4-11H,12H2,1-3H3,(H,29,30). The largest absolute Gasteiger partial charge is 0.481 e. The summed E-state index contributed by atoms with van der Waals surface area (Å²) in [6.07, 6.45) is -0.0761. The Morgan fingerprint density at radius 2 is 1.30 bits per heavy atom. The van der Waals surface area contributed by atoms with E-state index in [1.807, 2.05) is 30.3 Å². The normalized spacial score (nSPS) is 11.1. The summed E-state index contributed by atoms with van der Waals surface area (Å²) in [5.74, 6) is -1.19. The second-order valence-corrected chi connectivity index (χ2v) is 13.6. The topological polar surface area (TPSA) is 80.7 Å². The van der Waals surface area contributed by atoms with Crippen LogP contribution >= 0.6 is 56.7 Å². The van der Waals surface area contributed by atoms with Crippen LogP contribution in [0.5, 0.6) is 0 Å². The average Bonchev–Trinajstić information content (AvgIpc) is 3.67. The molecule has 0 spiro atoms. The van der Waals surface area contributed by atoms with Crippen molar-refractivity contribution >= 4 is 74.4 Å². The maximum absolute atomic E-state index is 11.9. The molecule has 0 aromatic carbocycles. The molecule has 0 fully saturated rings. The number of rotatable bonds is 8. The number of carboxylic acid groups (broad SMARTS) is 1. The van der Waals surface area contributed by atoms with Gasteiger partial charge in [0.15, 0.2) is 5.78 Å². The maximum Gasteiger partial charge on any atom is 0.348 e. The quantitative estimate of drug-likeness (QED) is 0.146. The van der Waals surface area contributed by atoms with Crippen molar-refractivity contribution in [3.63, 3.8) is 0 Å². The van der Waals surface area contributed by atoms with Gasteiger partial charge >= 0.3 is 11.9 Å². The van der Waals surface area contributed by atoms with Crippen molar-refractivity contribution in [2.45, 2.75) is 20.3 Å². The fraction of sp³-hybridized carbons (Fsp3) is 0.148. The molecule has 10 heteroatoms. The zero-order valence-corrected chi connectivity index (χ0v) is 24.0. The van der Waals surface area contributed by atoms with Crippen LogP contribution in [0.4, 0.5) is 0 Å². The fourth-order valence-corrected chi connectivity index (χ4v) is 9.49. The molecule has 5 aromatic rings. The number of ether oxygens (including phenoxy) is 1. The highest BCUT2D eigenvalue weighted by molar-refractivity contribution is 7.30. The Balaban J connectivity index is 1.49. The maximum atomic E-state index is 11.9. The van der Waals surface area contributed by atoms with E-state index in [1.165, 1.54) is 46.0 Å². The average molecular weight is 585 g/mol. The Morgan fingerprint density at radius 3 is 1.92 bits per heavy atom. The summed E-state index contributed by atoms with van der Waals surface area (Å²) in [7, 11) is 1.35. The molecule has 0 aliphatic rings. The number of aliphatic carboxylic acids is 1. The van der Waals surface area contributed by atoms with E-state index in [2.05, 4.69) is 19.1 Å². The number of methoxy groups -OCH3 is 1. The van der Waals surface area contributed by atoms with Crippen LogP contribution in [0, 0.1) is 6.92 Å². The smallest absolute Gasteiger partial charge is 0.348 e. The van der Waals surface area contributed by atoms with Gasteiger partial charge in [0.25, 0.3) is 0 Å². The van der Waals surface area contributed by atoms with Crippen LogP contribution in [0.15, 0.2) is 48.5 Å². The Kier molecular flexibility index (Phi) is 7.28. The van der Waals surface area contributed by atoms with E-state index < -0.39 is 5.97 Å². The number of aryl methyl sites for hydroxylation is 1. The van der Waals surface area contributed by atoms with E-state index in [-0.39, 0.29) is 18.2 Å². The number of hydrogen-bond acceptors (Lipinski definition) is 9. The lowest BCUT2D eigenvalue weighted by atomic mass is 10.1. The first-order valence-corrected chi connectivity index (χ1v) is 15.2. The highest BCUT2D eigenvalue weighted by Crippen LogP contribution is 2.47. The zero-order valence-electron chi connectivity index (χ0n) is 19.9. The Bertz CT molecular complexity index is 1640. The summed E-state index contributed by atoms with van der Waals surface area (Å²) in [5.41, 5.74) is 1.92. The number of Topliss-reactive ketones (excluding diaryl/α,β-unsaturated/α-hetero) is 1. The van der Waals surface area contributed by atoms with Gasteiger partial charge in [0.1, 0.15) is 4.88 Å². The van der Waals surface area contributed by atoms with E-state index >= 15 is 0 Å². The summed E-state index contributed by atoms with van der Waals surface area (Å²) < 4.78 is 4.82. The highest BCUT2D eigenvalue weighted by atomic mass is 32.1. The molecule has 188 valence electrons. The van der Waals surface area contributed by atoms with E-state index in [9.17, 15) is 19.5 Å². The minimum atomic E-state index is -0.886. The van der Waals surface area contributed by atoms with Gasteiger partial charge in [0.05, 0.1) is 18.4 Å². The van der Waals surface area contributed by atoms with Gasteiger partial charge in [-0.1, -0.05) is 0 Å². The van der Waals surface area contributed by atoms with Crippen molar-refractivity contribution in [3.05, 3.63) is 69.4 Å². The number of carboxylic acids is 1. The van der Waals surface area contributed by atoms with Gasteiger partial charge in [-0.2, -0.15) is 0 Å². The summed E-state index contributed by atoms with van der Waals surface area (Å²) in [6.45, 7) is 3.67. The molecule has 5 nitrogen and oxygen atoms in total. The van der Waals surface area contributed by atoms with Crippen molar-refractivity contribution in [1.29, 1.82) is 0 Å². The van der Waals surface area contributed by atoms with Gasteiger partial charge in [-0.15, -0.1) is 56.7 Å².